The third-order valence-corrected chi connectivity index (χ3v) is 5.10. The minimum Gasteiger partial charge on any atom is -0.507 e. The van der Waals surface area contributed by atoms with Crippen molar-refractivity contribution in [3.8, 4) is 28.7 Å². The Morgan fingerprint density at radius 1 is 1.03 bits per heavy atom. The maximum Gasteiger partial charge on any atom is 0.343 e. The van der Waals surface area contributed by atoms with Crippen LogP contribution in [0.1, 0.15) is 43.5 Å². The maximum absolute atomic E-state index is 12.5. The first kappa shape index (κ1) is 18.2. The highest BCUT2D eigenvalue weighted by Crippen LogP contribution is 2.51. The van der Waals surface area contributed by atoms with Gasteiger partial charge in [0.05, 0.1) is 5.39 Å². The number of benzene rings is 3. The van der Waals surface area contributed by atoms with Crippen LogP contribution in [0.3, 0.4) is 0 Å². The van der Waals surface area contributed by atoms with Crippen LogP contribution in [-0.4, -0.2) is 37.4 Å². The molecular formula is C20H15NO8. The number of esters is 1. The van der Waals surface area contributed by atoms with Crippen LogP contribution in [0.25, 0.3) is 10.8 Å². The van der Waals surface area contributed by atoms with Gasteiger partial charge in [0.25, 0.3) is 5.91 Å². The van der Waals surface area contributed by atoms with E-state index in [4.69, 9.17) is 10.5 Å². The standard InChI is InChI=1S/C20H15NO8/c1-6-7-3-2-4-9(22)12(7)16(25)14-11(6)18(29-20(14)28)8-5-10(23)13(19(21)27)17(26)15(8)24/h2-5,18,22-26H,1H3,(H2,21,27)/t18-/m1/s1. The molecule has 7 N–H and O–H groups in total. The molecule has 0 saturated heterocycles. The third kappa shape index (κ3) is 2.34. The molecule has 0 fully saturated rings. The van der Waals surface area contributed by atoms with E-state index in [1.54, 1.807) is 19.1 Å². The summed E-state index contributed by atoms with van der Waals surface area (Å²) in [6, 6.07) is 5.48. The minimum atomic E-state index is -1.30. The number of phenols is 5. The van der Waals surface area contributed by atoms with Crippen LogP contribution in [-0.2, 0) is 4.74 Å². The normalized spacial score (nSPS) is 15.3. The molecule has 1 aliphatic heterocycles. The van der Waals surface area contributed by atoms with Gasteiger partial charge in [-0.2, -0.15) is 0 Å². The molecule has 0 bridgehead atoms. The summed E-state index contributed by atoms with van der Waals surface area (Å²) in [7, 11) is 0. The number of aryl methyl sites for hydroxylation is 1. The summed E-state index contributed by atoms with van der Waals surface area (Å²) in [4.78, 5) is 23.9. The molecule has 148 valence electrons. The molecule has 0 unspecified atom stereocenters. The lowest BCUT2D eigenvalue weighted by atomic mass is 9.88. The topological polar surface area (TPSA) is 171 Å². The Labute approximate surface area is 162 Å². The van der Waals surface area contributed by atoms with E-state index in [1.165, 1.54) is 6.07 Å². The van der Waals surface area contributed by atoms with Gasteiger partial charge in [-0.25, -0.2) is 4.79 Å². The second-order valence-corrected chi connectivity index (χ2v) is 6.67. The zero-order chi connectivity index (χ0) is 21.2. The monoisotopic (exact) mass is 397 g/mol. The second-order valence-electron chi connectivity index (χ2n) is 6.67. The minimum absolute atomic E-state index is 0.0698. The van der Waals surface area contributed by atoms with E-state index in [9.17, 15) is 35.1 Å². The number of hydrogen-bond acceptors (Lipinski definition) is 8. The van der Waals surface area contributed by atoms with Gasteiger partial charge in [0, 0.05) is 11.1 Å². The summed E-state index contributed by atoms with van der Waals surface area (Å²) >= 11 is 0. The average molecular weight is 397 g/mol. The maximum atomic E-state index is 12.5. The zero-order valence-corrected chi connectivity index (χ0v) is 14.9. The van der Waals surface area contributed by atoms with Crippen molar-refractivity contribution in [2.75, 3.05) is 0 Å². The summed E-state index contributed by atoms with van der Waals surface area (Å²) in [5, 5.41) is 51.8. The van der Waals surface area contributed by atoms with Crippen molar-refractivity contribution in [1.29, 1.82) is 0 Å². The predicted molar refractivity (Wildman–Crippen MR) is 99.2 cm³/mol. The Kier molecular flexibility index (Phi) is 3.73. The van der Waals surface area contributed by atoms with Crippen molar-refractivity contribution in [1.82, 2.24) is 0 Å². The summed E-state index contributed by atoms with van der Waals surface area (Å²) in [6.07, 6.45) is -1.30. The Balaban J connectivity index is 2.05. The van der Waals surface area contributed by atoms with E-state index in [-0.39, 0.29) is 27.8 Å². The summed E-state index contributed by atoms with van der Waals surface area (Å²) < 4.78 is 5.30. The van der Waals surface area contributed by atoms with E-state index in [0.717, 1.165) is 6.07 Å². The fourth-order valence-corrected chi connectivity index (χ4v) is 3.77. The van der Waals surface area contributed by atoms with Crippen LogP contribution < -0.4 is 5.73 Å². The molecule has 0 spiro atoms. The molecule has 0 aromatic heterocycles. The number of carbonyl (C=O) groups excluding carboxylic acids is 2. The fraction of sp³-hybridized carbons (Fsp3) is 0.100. The number of nitrogens with two attached hydrogens (primary N) is 1. The first-order valence-corrected chi connectivity index (χ1v) is 8.40. The molecule has 1 aliphatic rings. The van der Waals surface area contributed by atoms with Crippen LogP contribution in [0.2, 0.25) is 0 Å². The van der Waals surface area contributed by atoms with Gasteiger partial charge in [-0.1, -0.05) is 12.1 Å². The van der Waals surface area contributed by atoms with Gasteiger partial charge in [0.15, 0.2) is 17.6 Å². The highest BCUT2D eigenvalue weighted by atomic mass is 16.6. The SMILES string of the molecule is Cc1c2c(c(O)c3c(O)cccc13)C(=O)O[C@@H]2c1cc(O)c(C(N)=O)c(O)c1O. The van der Waals surface area contributed by atoms with Gasteiger partial charge in [-0.15, -0.1) is 0 Å². The van der Waals surface area contributed by atoms with Crippen LogP contribution in [0, 0.1) is 6.92 Å². The first-order chi connectivity index (χ1) is 13.6. The van der Waals surface area contributed by atoms with Crippen LogP contribution >= 0.6 is 0 Å². The largest absolute Gasteiger partial charge is 0.507 e. The fourth-order valence-electron chi connectivity index (χ4n) is 3.77. The number of ether oxygens (including phenoxy) is 1. The van der Waals surface area contributed by atoms with Crippen molar-refractivity contribution >= 4 is 22.6 Å². The van der Waals surface area contributed by atoms with Gasteiger partial charge >= 0.3 is 5.97 Å². The predicted octanol–water partition coefficient (Wildman–Crippen LogP) is 2.03. The molecule has 0 aliphatic carbocycles. The molecule has 4 rings (SSSR count). The molecular weight excluding hydrogens is 382 g/mol. The van der Waals surface area contributed by atoms with Crippen molar-refractivity contribution in [3.63, 3.8) is 0 Å². The number of rotatable bonds is 2. The van der Waals surface area contributed by atoms with Crippen molar-refractivity contribution in [2.45, 2.75) is 13.0 Å². The number of fused-ring (bicyclic) bond motifs is 2. The van der Waals surface area contributed by atoms with Gasteiger partial charge in [-0.3, -0.25) is 4.79 Å². The van der Waals surface area contributed by atoms with E-state index in [0.29, 0.717) is 10.9 Å². The van der Waals surface area contributed by atoms with Gasteiger partial charge in [0.2, 0.25) is 0 Å². The Hall–Kier alpha value is -4.14. The molecule has 1 amide bonds. The van der Waals surface area contributed by atoms with Crippen LogP contribution in [0.15, 0.2) is 24.3 Å². The lowest BCUT2D eigenvalue weighted by Crippen LogP contribution is -2.12. The molecule has 1 atom stereocenters. The third-order valence-electron chi connectivity index (χ3n) is 5.10. The lowest BCUT2D eigenvalue weighted by molar-refractivity contribution is 0.0449. The van der Waals surface area contributed by atoms with Crippen LogP contribution in [0.4, 0.5) is 0 Å². The summed E-state index contributed by atoms with van der Waals surface area (Å²) in [5.41, 5.74) is 4.65. The van der Waals surface area contributed by atoms with E-state index < -0.39 is 46.5 Å². The Morgan fingerprint density at radius 2 is 1.72 bits per heavy atom. The average Bonchev–Trinajstić information content (AvgIpc) is 3.00. The number of carbonyl (C=O) groups is 2. The van der Waals surface area contributed by atoms with Gasteiger partial charge in [-0.05, 0) is 30.0 Å². The number of amides is 1. The van der Waals surface area contributed by atoms with Crippen molar-refractivity contribution < 1.29 is 39.9 Å². The number of phenolic OH excluding ortho intramolecular Hbond substituents is 3. The second kappa shape index (κ2) is 5.93. The number of cyclic esters (lactones) is 1. The Morgan fingerprint density at radius 3 is 2.38 bits per heavy atom. The molecule has 0 radical (unpaired) electrons. The number of aromatic hydroxyl groups is 5. The number of primary amides is 1. The van der Waals surface area contributed by atoms with Crippen LogP contribution in [0.5, 0.6) is 28.7 Å². The van der Waals surface area contributed by atoms with E-state index in [1.807, 2.05) is 0 Å². The highest BCUT2D eigenvalue weighted by Gasteiger charge is 2.40. The molecule has 9 heteroatoms. The van der Waals surface area contributed by atoms with Gasteiger partial charge < -0.3 is 36.0 Å². The molecule has 9 nitrogen and oxygen atoms in total. The smallest absolute Gasteiger partial charge is 0.343 e. The summed E-state index contributed by atoms with van der Waals surface area (Å²) in [5.74, 6) is -5.30. The molecule has 29 heavy (non-hydrogen) atoms. The Bertz CT molecular complexity index is 1250. The molecule has 0 saturated carbocycles. The molecule has 1 heterocycles. The van der Waals surface area contributed by atoms with Gasteiger partial charge in [0.1, 0.15) is 28.4 Å². The lowest BCUT2D eigenvalue weighted by Gasteiger charge is -2.18. The quantitative estimate of drug-likeness (QED) is 0.217. The first-order valence-electron chi connectivity index (χ1n) is 8.40. The zero-order valence-electron chi connectivity index (χ0n) is 14.9. The molecule has 3 aromatic rings. The number of hydrogen-bond donors (Lipinski definition) is 6. The van der Waals surface area contributed by atoms with E-state index in [2.05, 4.69) is 0 Å². The summed E-state index contributed by atoms with van der Waals surface area (Å²) in [6.45, 7) is 1.63. The molecule has 3 aromatic carbocycles. The van der Waals surface area contributed by atoms with E-state index >= 15 is 0 Å². The highest BCUT2D eigenvalue weighted by molar-refractivity contribution is 6.08. The van der Waals surface area contributed by atoms with Crippen molar-refractivity contribution in [3.05, 3.63) is 52.1 Å². The van der Waals surface area contributed by atoms with Crippen molar-refractivity contribution in [2.24, 2.45) is 5.73 Å².